The molecule has 0 saturated heterocycles. The number of ether oxygens (including phenoxy) is 1. The van der Waals surface area contributed by atoms with Gasteiger partial charge in [-0.3, -0.25) is 9.59 Å². The third kappa shape index (κ3) is 6.35. The Morgan fingerprint density at radius 3 is 2.36 bits per heavy atom. The number of nitrogens with zero attached hydrogens (tertiary/aromatic N) is 1. The van der Waals surface area contributed by atoms with Crippen LogP contribution in [0.25, 0.3) is 10.8 Å². The van der Waals surface area contributed by atoms with Crippen LogP contribution in [0.4, 0.5) is 0 Å². The molecule has 3 aromatic carbocycles. The molecule has 0 spiro atoms. The van der Waals surface area contributed by atoms with Crippen molar-refractivity contribution in [3.63, 3.8) is 0 Å². The molecule has 0 aliphatic rings. The minimum Gasteiger partial charge on any atom is -0.483 e. The van der Waals surface area contributed by atoms with E-state index >= 15 is 0 Å². The van der Waals surface area contributed by atoms with Crippen LogP contribution in [0, 0.1) is 0 Å². The Labute approximate surface area is 204 Å². The van der Waals surface area contributed by atoms with Gasteiger partial charge in [-0.1, -0.05) is 74.5 Å². The second-order valence-electron chi connectivity index (χ2n) is 8.14. The number of carbonyl (C=O) groups excluding carboxylic acids is 2. The lowest BCUT2D eigenvalue weighted by Gasteiger charge is -2.31. The van der Waals surface area contributed by atoms with Gasteiger partial charge in [0.1, 0.15) is 11.8 Å². The van der Waals surface area contributed by atoms with Crippen LogP contribution in [-0.2, 0) is 16.1 Å². The van der Waals surface area contributed by atoms with E-state index in [1.165, 1.54) is 0 Å². The molecular weight excluding hydrogens is 480 g/mol. The topological polar surface area (TPSA) is 58.6 Å². The first-order valence-corrected chi connectivity index (χ1v) is 12.2. The van der Waals surface area contributed by atoms with Crippen molar-refractivity contribution in [2.75, 3.05) is 6.61 Å². The summed E-state index contributed by atoms with van der Waals surface area (Å²) in [5, 5.41) is 5.12. The molecule has 0 heterocycles. The fraction of sp³-hybridized carbons (Fsp3) is 0.333. The van der Waals surface area contributed by atoms with Gasteiger partial charge in [0.25, 0.3) is 5.91 Å². The second-order valence-corrected chi connectivity index (χ2v) is 8.93. The Hall–Kier alpha value is -2.86. The Morgan fingerprint density at radius 2 is 1.67 bits per heavy atom. The van der Waals surface area contributed by atoms with E-state index in [1.54, 1.807) is 4.90 Å². The summed E-state index contributed by atoms with van der Waals surface area (Å²) in [6, 6.07) is 21.0. The highest BCUT2D eigenvalue weighted by atomic mass is 79.9. The monoisotopic (exact) mass is 510 g/mol. The van der Waals surface area contributed by atoms with Crippen molar-refractivity contribution in [1.29, 1.82) is 0 Å². The van der Waals surface area contributed by atoms with Crippen molar-refractivity contribution in [2.24, 2.45) is 0 Å². The number of carbonyl (C=O) groups is 2. The smallest absolute Gasteiger partial charge is 0.261 e. The molecule has 3 aromatic rings. The molecule has 33 heavy (non-hydrogen) atoms. The van der Waals surface area contributed by atoms with Gasteiger partial charge in [-0.25, -0.2) is 0 Å². The molecule has 0 aliphatic heterocycles. The number of amides is 2. The molecule has 0 fully saturated rings. The van der Waals surface area contributed by atoms with Gasteiger partial charge in [0.15, 0.2) is 6.61 Å². The molecule has 174 valence electrons. The maximum atomic E-state index is 13.4. The van der Waals surface area contributed by atoms with Crippen LogP contribution in [0.15, 0.2) is 71.2 Å². The molecule has 6 heteroatoms. The van der Waals surface area contributed by atoms with E-state index in [1.807, 2.05) is 87.5 Å². The predicted molar refractivity (Wildman–Crippen MR) is 136 cm³/mol. The maximum Gasteiger partial charge on any atom is 0.261 e. The second kappa shape index (κ2) is 11.8. The van der Waals surface area contributed by atoms with Crippen LogP contribution in [0.2, 0.25) is 0 Å². The molecule has 0 radical (unpaired) electrons. The van der Waals surface area contributed by atoms with Crippen molar-refractivity contribution < 1.29 is 14.3 Å². The van der Waals surface area contributed by atoms with E-state index in [9.17, 15) is 9.59 Å². The molecule has 2 atom stereocenters. The number of hydrogen-bond donors (Lipinski definition) is 1. The van der Waals surface area contributed by atoms with E-state index in [-0.39, 0.29) is 24.5 Å². The van der Waals surface area contributed by atoms with Crippen molar-refractivity contribution >= 4 is 38.5 Å². The molecule has 3 rings (SSSR count). The largest absolute Gasteiger partial charge is 0.483 e. The third-order valence-corrected chi connectivity index (χ3v) is 6.58. The van der Waals surface area contributed by atoms with Gasteiger partial charge >= 0.3 is 0 Å². The third-order valence-electron chi connectivity index (χ3n) is 5.76. The minimum absolute atomic E-state index is 0.0463. The van der Waals surface area contributed by atoms with E-state index in [0.29, 0.717) is 18.7 Å². The summed E-state index contributed by atoms with van der Waals surface area (Å²) in [7, 11) is 0. The molecule has 0 unspecified atom stereocenters. The van der Waals surface area contributed by atoms with E-state index < -0.39 is 6.04 Å². The average Bonchev–Trinajstić information content (AvgIpc) is 2.84. The van der Waals surface area contributed by atoms with Crippen LogP contribution in [0.3, 0.4) is 0 Å². The molecule has 1 N–H and O–H groups in total. The highest BCUT2D eigenvalue weighted by Gasteiger charge is 2.29. The van der Waals surface area contributed by atoms with Crippen molar-refractivity contribution in [1.82, 2.24) is 10.2 Å². The zero-order chi connectivity index (χ0) is 23.8. The van der Waals surface area contributed by atoms with Crippen molar-refractivity contribution in [2.45, 2.75) is 52.2 Å². The van der Waals surface area contributed by atoms with E-state index in [0.717, 1.165) is 27.2 Å². The van der Waals surface area contributed by atoms with Gasteiger partial charge < -0.3 is 15.0 Å². The molecular formula is C27H31BrN2O3. The van der Waals surface area contributed by atoms with Crippen molar-refractivity contribution in [3.8, 4) is 5.75 Å². The summed E-state index contributed by atoms with van der Waals surface area (Å²) >= 11 is 3.61. The zero-order valence-electron chi connectivity index (χ0n) is 19.4. The summed E-state index contributed by atoms with van der Waals surface area (Å²) in [6.45, 7) is 6.10. The Kier molecular flexibility index (Phi) is 8.89. The van der Waals surface area contributed by atoms with Crippen molar-refractivity contribution in [3.05, 3.63) is 76.8 Å². The summed E-state index contributed by atoms with van der Waals surface area (Å²) in [4.78, 5) is 28.0. The quantitative estimate of drug-likeness (QED) is 0.380. The molecule has 0 bridgehead atoms. The van der Waals surface area contributed by atoms with E-state index in [4.69, 9.17) is 4.74 Å². The number of nitrogens with one attached hydrogen (secondary N) is 1. The Morgan fingerprint density at radius 1 is 0.970 bits per heavy atom. The molecule has 5 nitrogen and oxygen atoms in total. The number of fused-ring (bicyclic) bond motifs is 1. The van der Waals surface area contributed by atoms with Gasteiger partial charge in [-0.2, -0.15) is 0 Å². The minimum atomic E-state index is -0.574. The highest BCUT2D eigenvalue weighted by Crippen LogP contribution is 2.33. The first-order valence-electron chi connectivity index (χ1n) is 11.4. The predicted octanol–water partition coefficient (Wildman–Crippen LogP) is 5.70. The normalized spacial score (nSPS) is 12.7. The molecule has 0 aromatic heterocycles. The van der Waals surface area contributed by atoms with Crippen LogP contribution in [-0.4, -0.2) is 35.4 Å². The zero-order valence-corrected chi connectivity index (χ0v) is 21.0. The number of benzene rings is 3. The maximum absolute atomic E-state index is 13.4. The average molecular weight is 511 g/mol. The number of halogens is 1. The molecule has 0 saturated carbocycles. The fourth-order valence-corrected chi connectivity index (χ4v) is 4.30. The SMILES string of the molecule is CC[C@H](C)NC(=O)[C@H](CC)N(Cc1ccccc1)C(=O)COc1ccc2ccccc2c1Br. The standard InChI is InChI=1S/C27H31BrN2O3/c1-4-19(3)29-27(32)23(5-2)30(17-20-11-7-6-8-12-20)25(31)18-33-24-16-15-21-13-9-10-14-22(21)26(24)28/h6-16,19,23H,4-5,17-18H2,1-3H3,(H,29,32)/t19-,23-/m0/s1. The number of hydrogen-bond acceptors (Lipinski definition) is 3. The lowest BCUT2D eigenvalue weighted by molar-refractivity contribution is -0.143. The lowest BCUT2D eigenvalue weighted by Crippen LogP contribution is -2.51. The van der Waals surface area contributed by atoms with Gasteiger partial charge in [0.05, 0.1) is 4.47 Å². The Balaban J connectivity index is 1.81. The highest BCUT2D eigenvalue weighted by molar-refractivity contribution is 9.10. The van der Waals surface area contributed by atoms with Gasteiger partial charge in [-0.05, 0) is 58.1 Å². The summed E-state index contributed by atoms with van der Waals surface area (Å²) in [6.07, 6.45) is 1.34. The summed E-state index contributed by atoms with van der Waals surface area (Å²) < 4.78 is 6.74. The first kappa shape index (κ1) is 24.8. The van der Waals surface area contributed by atoms with Crippen LogP contribution in [0.1, 0.15) is 39.2 Å². The summed E-state index contributed by atoms with van der Waals surface area (Å²) in [5.74, 6) is 0.229. The first-order chi connectivity index (χ1) is 15.9. The number of rotatable bonds is 10. The van der Waals surface area contributed by atoms with Crippen LogP contribution >= 0.6 is 15.9 Å². The van der Waals surface area contributed by atoms with Gasteiger partial charge in [-0.15, -0.1) is 0 Å². The van der Waals surface area contributed by atoms with E-state index in [2.05, 4.69) is 21.2 Å². The van der Waals surface area contributed by atoms with Crippen LogP contribution in [0.5, 0.6) is 5.75 Å². The fourth-order valence-electron chi connectivity index (χ4n) is 3.69. The van der Waals surface area contributed by atoms with Gasteiger partial charge in [0, 0.05) is 12.6 Å². The molecule has 2 amide bonds. The Bertz CT molecular complexity index is 1090. The van der Waals surface area contributed by atoms with Gasteiger partial charge in [0.2, 0.25) is 5.91 Å². The summed E-state index contributed by atoms with van der Waals surface area (Å²) in [5.41, 5.74) is 0.965. The van der Waals surface area contributed by atoms with Crippen LogP contribution < -0.4 is 10.1 Å². The lowest BCUT2D eigenvalue weighted by atomic mass is 10.1. The molecule has 0 aliphatic carbocycles.